The van der Waals surface area contributed by atoms with Crippen molar-refractivity contribution >= 4 is 11.8 Å². The summed E-state index contributed by atoms with van der Waals surface area (Å²) < 4.78 is 13.7. The summed E-state index contributed by atoms with van der Waals surface area (Å²) in [7, 11) is 0. The Morgan fingerprint density at radius 2 is 1.66 bits per heavy atom. The zero-order chi connectivity index (χ0) is 22.8. The van der Waals surface area contributed by atoms with E-state index in [-0.39, 0.29) is 23.7 Å². The van der Waals surface area contributed by atoms with Gasteiger partial charge in [-0.05, 0) is 60.9 Å². The summed E-state index contributed by atoms with van der Waals surface area (Å²) in [5.41, 5.74) is 3.72. The van der Waals surface area contributed by atoms with Gasteiger partial charge in [0.2, 0.25) is 5.91 Å². The van der Waals surface area contributed by atoms with Crippen molar-refractivity contribution in [3.8, 4) is 0 Å². The van der Waals surface area contributed by atoms with Gasteiger partial charge in [-0.3, -0.25) is 9.59 Å². The van der Waals surface area contributed by atoms with E-state index in [1.165, 1.54) is 19.1 Å². The molecule has 2 aliphatic rings. The molecule has 2 aromatic carbocycles. The minimum Gasteiger partial charge on any atom is -0.349 e. The Labute approximate surface area is 189 Å². The molecule has 2 saturated heterocycles. The number of likely N-dealkylation sites (tertiary alicyclic amines) is 2. The number of carbonyl (C=O) groups is 2. The Kier molecular flexibility index (Phi) is 6.60. The molecule has 170 valence electrons. The van der Waals surface area contributed by atoms with Crippen molar-refractivity contribution in [3.63, 3.8) is 0 Å². The third kappa shape index (κ3) is 4.85. The quantitative estimate of drug-likeness (QED) is 0.750. The third-order valence-corrected chi connectivity index (χ3v) is 6.91. The van der Waals surface area contributed by atoms with Gasteiger partial charge in [0.05, 0.1) is 6.04 Å². The molecular weight excluding hydrogens is 405 g/mol. The van der Waals surface area contributed by atoms with Gasteiger partial charge in [-0.1, -0.05) is 30.3 Å². The minimum absolute atomic E-state index is 0.113. The molecule has 2 amide bonds. The van der Waals surface area contributed by atoms with Crippen LogP contribution in [0, 0.1) is 31.5 Å². The second kappa shape index (κ2) is 9.41. The average molecular weight is 438 g/mol. The number of nitrogens with one attached hydrogen (secondary N) is 1. The Balaban J connectivity index is 1.34. The lowest BCUT2D eigenvalue weighted by Crippen LogP contribution is -2.35. The number of benzene rings is 2. The van der Waals surface area contributed by atoms with E-state index in [4.69, 9.17) is 0 Å². The molecule has 0 saturated carbocycles. The van der Waals surface area contributed by atoms with Gasteiger partial charge in [0.15, 0.2) is 0 Å². The van der Waals surface area contributed by atoms with Crippen molar-refractivity contribution in [1.82, 2.24) is 15.1 Å². The van der Waals surface area contributed by atoms with Crippen LogP contribution in [0.4, 0.5) is 4.39 Å². The van der Waals surface area contributed by atoms with Gasteiger partial charge >= 0.3 is 0 Å². The topological polar surface area (TPSA) is 52.7 Å². The maximum absolute atomic E-state index is 13.7. The van der Waals surface area contributed by atoms with Gasteiger partial charge in [0, 0.05) is 45.2 Å². The second-order valence-electron chi connectivity index (χ2n) is 9.35. The van der Waals surface area contributed by atoms with Crippen molar-refractivity contribution in [3.05, 3.63) is 70.5 Å². The lowest BCUT2D eigenvalue weighted by Gasteiger charge is -2.25. The predicted molar refractivity (Wildman–Crippen MR) is 123 cm³/mol. The van der Waals surface area contributed by atoms with Crippen LogP contribution in [0.25, 0.3) is 0 Å². The molecule has 32 heavy (non-hydrogen) atoms. The number of amides is 2. The maximum Gasteiger partial charge on any atom is 0.254 e. The van der Waals surface area contributed by atoms with Crippen LogP contribution in [-0.2, 0) is 4.79 Å². The van der Waals surface area contributed by atoms with E-state index in [2.05, 4.69) is 10.2 Å². The number of fused-ring (bicyclic) bond motifs is 1. The molecule has 0 spiro atoms. The number of rotatable bonds is 6. The molecule has 2 unspecified atom stereocenters. The highest BCUT2D eigenvalue weighted by Crippen LogP contribution is 2.33. The van der Waals surface area contributed by atoms with Gasteiger partial charge < -0.3 is 15.1 Å². The smallest absolute Gasteiger partial charge is 0.254 e. The Hall–Kier alpha value is -2.73. The highest BCUT2D eigenvalue weighted by Gasteiger charge is 2.42. The summed E-state index contributed by atoms with van der Waals surface area (Å²) in [6.45, 7) is 9.84. The summed E-state index contributed by atoms with van der Waals surface area (Å²) in [6, 6.07) is 12.3. The first-order chi connectivity index (χ1) is 15.3. The highest BCUT2D eigenvalue weighted by atomic mass is 19.1. The number of hydrogen-bond donors (Lipinski definition) is 1. The van der Waals surface area contributed by atoms with Gasteiger partial charge in [-0.2, -0.15) is 0 Å². The van der Waals surface area contributed by atoms with E-state index in [9.17, 15) is 14.0 Å². The largest absolute Gasteiger partial charge is 0.349 e. The molecular formula is C26H32FN3O2. The fraction of sp³-hybridized carbons (Fsp3) is 0.462. The Morgan fingerprint density at radius 3 is 2.25 bits per heavy atom. The second-order valence-corrected chi connectivity index (χ2v) is 9.35. The fourth-order valence-corrected chi connectivity index (χ4v) is 5.35. The predicted octanol–water partition coefficient (Wildman–Crippen LogP) is 3.71. The maximum atomic E-state index is 13.7. The molecule has 0 aromatic heterocycles. The lowest BCUT2D eigenvalue weighted by molar-refractivity contribution is -0.119. The summed E-state index contributed by atoms with van der Waals surface area (Å²) in [5.74, 6) is 0.715. The molecule has 5 nitrogen and oxygen atoms in total. The molecule has 1 N–H and O–H groups in total. The Morgan fingerprint density at radius 1 is 1.03 bits per heavy atom. The van der Waals surface area contributed by atoms with Crippen LogP contribution < -0.4 is 5.32 Å². The molecule has 2 aliphatic heterocycles. The lowest BCUT2D eigenvalue weighted by atomic mass is 10.0. The first-order valence-electron chi connectivity index (χ1n) is 11.4. The molecule has 0 radical (unpaired) electrons. The van der Waals surface area contributed by atoms with Crippen LogP contribution >= 0.6 is 0 Å². The zero-order valence-electron chi connectivity index (χ0n) is 19.1. The summed E-state index contributed by atoms with van der Waals surface area (Å²) >= 11 is 0. The summed E-state index contributed by atoms with van der Waals surface area (Å²) in [6.07, 6.45) is 0.730. The van der Waals surface area contributed by atoms with Crippen LogP contribution in [0.3, 0.4) is 0 Å². The number of nitrogens with zero attached hydrogens (tertiary/aromatic N) is 2. The molecule has 3 atom stereocenters. The van der Waals surface area contributed by atoms with E-state index >= 15 is 0 Å². The van der Waals surface area contributed by atoms with Crippen molar-refractivity contribution in [2.45, 2.75) is 33.2 Å². The van der Waals surface area contributed by atoms with Crippen LogP contribution in [-0.4, -0.2) is 54.3 Å². The summed E-state index contributed by atoms with van der Waals surface area (Å²) in [5, 5.41) is 2.96. The van der Waals surface area contributed by atoms with Crippen LogP contribution in [0.5, 0.6) is 0 Å². The van der Waals surface area contributed by atoms with E-state index in [1.807, 2.05) is 43.0 Å². The van der Waals surface area contributed by atoms with E-state index < -0.39 is 0 Å². The normalized spacial score (nSPS) is 21.4. The van der Waals surface area contributed by atoms with E-state index in [1.54, 1.807) is 6.07 Å². The molecule has 4 rings (SSSR count). The van der Waals surface area contributed by atoms with Gasteiger partial charge in [-0.15, -0.1) is 0 Å². The first-order valence-corrected chi connectivity index (χ1v) is 11.4. The average Bonchev–Trinajstić information content (AvgIpc) is 3.29. The molecule has 2 fully saturated rings. The zero-order valence-corrected chi connectivity index (χ0v) is 19.1. The molecule has 2 heterocycles. The van der Waals surface area contributed by atoms with E-state index in [0.29, 0.717) is 11.8 Å². The highest BCUT2D eigenvalue weighted by molar-refractivity contribution is 5.97. The third-order valence-electron chi connectivity index (χ3n) is 6.91. The number of aryl methyl sites for hydroxylation is 2. The SMILES string of the molecule is CC(=O)N[C@@H](CCN1CC2CN(C(=O)c3c(C)cccc3C)CC2C1)c1cccc(F)c1. The standard InChI is InChI=1S/C26H32FN3O2/c1-17-6-4-7-18(2)25(17)26(32)30-15-21-13-29(14-22(21)16-30)11-10-24(28-19(3)31)20-8-5-9-23(27)12-20/h4-9,12,21-22,24H,10-11,13-16H2,1-3H3,(H,28,31)/t21?,22?,24-/m0/s1. The molecule has 0 aliphatic carbocycles. The van der Waals surface area contributed by atoms with Crippen LogP contribution in [0.2, 0.25) is 0 Å². The van der Waals surface area contributed by atoms with Crippen molar-refractivity contribution < 1.29 is 14.0 Å². The number of carbonyl (C=O) groups excluding carboxylic acids is 2. The molecule has 6 heteroatoms. The van der Waals surface area contributed by atoms with Crippen molar-refractivity contribution in [1.29, 1.82) is 0 Å². The molecule has 2 aromatic rings. The Bertz CT molecular complexity index is 974. The van der Waals surface area contributed by atoms with E-state index in [0.717, 1.165) is 61.4 Å². The summed E-state index contributed by atoms with van der Waals surface area (Å²) in [4.78, 5) is 29.3. The van der Waals surface area contributed by atoms with Gasteiger partial charge in [0.1, 0.15) is 5.82 Å². The van der Waals surface area contributed by atoms with Crippen LogP contribution in [0.1, 0.15) is 46.4 Å². The van der Waals surface area contributed by atoms with Gasteiger partial charge in [-0.25, -0.2) is 4.39 Å². The number of hydrogen-bond acceptors (Lipinski definition) is 3. The molecule has 0 bridgehead atoms. The van der Waals surface area contributed by atoms with Crippen molar-refractivity contribution in [2.24, 2.45) is 11.8 Å². The minimum atomic E-state index is -0.290. The monoisotopic (exact) mass is 437 g/mol. The van der Waals surface area contributed by atoms with Gasteiger partial charge in [0.25, 0.3) is 5.91 Å². The fourth-order valence-electron chi connectivity index (χ4n) is 5.35. The van der Waals surface area contributed by atoms with Crippen molar-refractivity contribution in [2.75, 3.05) is 32.7 Å². The van der Waals surface area contributed by atoms with Crippen LogP contribution in [0.15, 0.2) is 42.5 Å². The first kappa shape index (κ1) is 22.5. The number of halogens is 1.